The Hall–Kier alpha value is -3.79. The number of hydrogen-bond donors (Lipinski definition) is 2. The van der Waals surface area contributed by atoms with Crippen molar-refractivity contribution in [1.29, 1.82) is 0 Å². The van der Waals surface area contributed by atoms with Gasteiger partial charge in [0.1, 0.15) is 11.6 Å². The monoisotopic (exact) mass is 525 g/mol. The molecule has 1 saturated heterocycles. The fourth-order valence-electron chi connectivity index (χ4n) is 5.19. The van der Waals surface area contributed by atoms with Crippen LogP contribution in [0.3, 0.4) is 0 Å². The third kappa shape index (κ3) is 4.76. The van der Waals surface area contributed by atoms with E-state index in [1.165, 1.54) is 12.1 Å². The highest BCUT2D eigenvalue weighted by atomic mass is 19.3. The second-order valence-corrected chi connectivity index (χ2v) is 9.74. The van der Waals surface area contributed by atoms with E-state index in [1.807, 2.05) is 25.5 Å². The Bertz CT molecular complexity index is 1450. The number of benzene rings is 2. The lowest BCUT2D eigenvalue weighted by Gasteiger charge is -2.39. The molecule has 0 spiro atoms. The predicted molar refractivity (Wildman–Crippen MR) is 140 cm³/mol. The Labute approximate surface area is 218 Å². The van der Waals surface area contributed by atoms with Gasteiger partial charge in [-0.3, -0.25) is 9.67 Å². The molecule has 1 aliphatic heterocycles. The molecule has 7 nitrogen and oxygen atoms in total. The number of nitrogens with one attached hydrogen (secondary N) is 1. The van der Waals surface area contributed by atoms with E-state index in [2.05, 4.69) is 20.3 Å². The predicted octanol–water partition coefficient (Wildman–Crippen LogP) is 5.71. The summed E-state index contributed by atoms with van der Waals surface area (Å²) in [6.07, 6.45) is 3.44. The van der Waals surface area contributed by atoms with Gasteiger partial charge in [-0.05, 0) is 31.9 Å². The molecule has 38 heavy (non-hydrogen) atoms. The maximum atomic E-state index is 14.8. The van der Waals surface area contributed by atoms with Gasteiger partial charge in [-0.2, -0.15) is 5.10 Å². The van der Waals surface area contributed by atoms with Crippen molar-refractivity contribution < 1.29 is 23.0 Å². The van der Waals surface area contributed by atoms with Crippen LogP contribution in [0.15, 0.2) is 55.0 Å². The summed E-state index contributed by atoms with van der Waals surface area (Å²) in [5.74, 6) is -0.388. The first kappa shape index (κ1) is 25.8. The summed E-state index contributed by atoms with van der Waals surface area (Å²) in [6, 6.07) is 8.81. The first-order valence-corrected chi connectivity index (χ1v) is 12.5. The van der Waals surface area contributed by atoms with Crippen molar-refractivity contribution in [2.45, 2.75) is 37.8 Å². The highest BCUT2D eigenvalue weighted by Crippen LogP contribution is 2.42. The topological polar surface area (TPSA) is 75.4 Å². The molecule has 4 aromatic rings. The maximum absolute atomic E-state index is 14.8. The van der Waals surface area contributed by atoms with Crippen molar-refractivity contribution in [2.75, 3.05) is 30.4 Å². The number of anilines is 2. The number of fused-ring (bicyclic) bond motifs is 1. The zero-order valence-electron chi connectivity index (χ0n) is 21.5. The number of halogens is 3. The number of aliphatic hydroxyl groups is 1. The number of piperidine rings is 1. The minimum absolute atomic E-state index is 0.142. The van der Waals surface area contributed by atoms with Crippen LogP contribution in [0, 0.1) is 5.82 Å². The van der Waals surface area contributed by atoms with E-state index in [-0.39, 0.29) is 5.56 Å². The van der Waals surface area contributed by atoms with Crippen molar-refractivity contribution in [3.63, 3.8) is 0 Å². The number of aryl methyl sites for hydroxylation is 1. The van der Waals surface area contributed by atoms with Gasteiger partial charge in [0.05, 0.1) is 41.7 Å². The second kappa shape index (κ2) is 10.2. The molecule has 0 amide bonds. The molecular weight excluding hydrogens is 495 g/mol. The Morgan fingerprint density at radius 3 is 2.53 bits per heavy atom. The third-order valence-electron chi connectivity index (χ3n) is 7.34. The summed E-state index contributed by atoms with van der Waals surface area (Å²) in [5, 5.41) is 20.0. The Kier molecular flexibility index (Phi) is 6.92. The van der Waals surface area contributed by atoms with Crippen LogP contribution in [-0.4, -0.2) is 40.1 Å². The van der Waals surface area contributed by atoms with E-state index in [9.17, 15) is 18.3 Å². The quantitative estimate of drug-likeness (QED) is 0.322. The van der Waals surface area contributed by atoms with Gasteiger partial charge in [0.15, 0.2) is 0 Å². The van der Waals surface area contributed by atoms with Crippen LogP contribution < -0.4 is 15.0 Å². The molecule has 0 bridgehead atoms. The van der Waals surface area contributed by atoms with Gasteiger partial charge in [0.2, 0.25) is 0 Å². The van der Waals surface area contributed by atoms with Crippen LogP contribution in [0.25, 0.3) is 10.9 Å². The van der Waals surface area contributed by atoms with Crippen LogP contribution in [0.5, 0.6) is 5.75 Å². The molecule has 1 fully saturated rings. The molecule has 3 heterocycles. The molecule has 200 valence electrons. The van der Waals surface area contributed by atoms with Crippen LogP contribution in [0.4, 0.5) is 24.5 Å². The fourth-order valence-corrected chi connectivity index (χ4v) is 5.19. The minimum atomic E-state index is -2.90. The standard InChI is InChI=1S/C28H30F3N5O2/c1-17(19-5-4-6-20(26(19)29)27(30)31)34-23-7-10-32-24-14-25(38-3)22(13-21(23)24)28(37)8-11-36(12-9-28)18-15-33-35(2)16-18/h4-7,10,13-17,27,37H,8-9,11-12H2,1-3H3,(H,32,34)/t17-/m1/s1. The van der Waals surface area contributed by atoms with Crippen LogP contribution >= 0.6 is 0 Å². The number of methoxy groups -OCH3 is 1. The van der Waals surface area contributed by atoms with Crippen molar-refractivity contribution in [2.24, 2.45) is 7.05 Å². The summed E-state index contributed by atoms with van der Waals surface area (Å²) in [6.45, 7) is 2.99. The molecule has 5 rings (SSSR count). The fraction of sp³-hybridized carbons (Fsp3) is 0.357. The summed E-state index contributed by atoms with van der Waals surface area (Å²) < 4.78 is 48.7. The second-order valence-electron chi connectivity index (χ2n) is 9.74. The highest BCUT2D eigenvalue weighted by molar-refractivity contribution is 5.93. The van der Waals surface area contributed by atoms with E-state index < -0.39 is 29.4 Å². The zero-order valence-corrected chi connectivity index (χ0v) is 21.5. The smallest absolute Gasteiger partial charge is 0.266 e. The van der Waals surface area contributed by atoms with Gasteiger partial charge in [0, 0.05) is 60.8 Å². The van der Waals surface area contributed by atoms with Gasteiger partial charge in [0.25, 0.3) is 6.43 Å². The molecule has 1 atom stereocenters. The molecule has 0 unspecified atom stereocenters. The molecule has 1 aliphatic rings. The largest absolute Gasteiger partial charge is 0.496 e. The number of alkyl halides is 2. The van der Waals surface area contributed by atoms with Gasteiger partial charge in [-0.15, -0.1) is 0 Å². The Morgan fingerprint density at radius 2 is 1.87 bits per heavy atom. The molecule has 2 N–H and O–H groups in total. The first-order chi connectivity index (χ1) is 18.2. The van der Waals surface area contributed by atoms with E-state index in [4.69, 9.17) is 4.74 Å². The van der Waals surface area contributed by atoms with Gasteiger partial charge >= 0.3 is 0 Å². The highest BCUT2D eigenvalue weighted by Gasteiger charge is 2.37. The van der Waals surface area contributed by atoms with Crippen molar-refractivity contribution in [3.8, 4) is 5.75 Å². The summed E-state index contributed by atoms with van der Waals surface area (Å²) in [5.41, 5.74) is 1.31. The van der Waals surface area contributed by atoms with Crippen LogP contribution in [0.1, 0.15) is 48.9 Å². The lowest BCUT2D eigenvalue weighted by atomic mass is 9.83. The number of ether oxygens (including phenoxy) is 1. The summed E-state index contributed by atoms with van der Waals surface area (Å²) in [4.78, 5) is 6.64. The van der Waals surface area contributed by atoms with Gasteiger partial charge in [-0.25, -0.2) is 13.2 Å². The number of aromatic nitrogens is 3. The molecule has 10 heteroatoms. The van der Waals surface area contributed by atoms with Gasteiger partial charge < -0.3 is 20.1 Å². The first-order valence-electron chi connectivity index (χ1n) is 12.5. The normalized spacial score (nSPS) is 16.2. The molecule has 2 aromatic heterocycles. The number of nitrogens with zero attached hydrogens (tertiary/aromatic N) is 4. The average Bonchev–Trinajstić information content (AvgIpc) is 3.34. The van der Waals surface area contributed by atoms with Crippen molar-refractivity contribution in [1.82, 2.24) is 14.8 Å². The molecule has 2 aromatic carbocycles. The maximum Gasteiger partial charge on any atom is 0.266 e. The zero-order chi connectivity index (χ0) is 27.0. The van der Waals surface area contributed by atoms with Crippen molar-refractivity contribution >= 4 is 22.3 Å². The average molecular weight is 526 g/mol. The van der Waals surface area contributed by atoms with E-state index in [0.717, 1.165) is 11.8 Å². The number of hydrogen-bond acceptors (Lipinski definition) is 6. The SMILES string of the molecule is COc1cc2nccc(N[C@H](C)c3cccc(C(F)F)c3F)c2cc1C1(O)CCN(c2cnn(C)c2)CC1. The van der Waals surface area contributed by atoms with E-state index in [0.29, 0.717) is 53.8 Å². The van der Waals surface area contributed by atoms with E-state index >= 15 is 0 Å². The van der Waals surface area contributed by atoms with Gasteiger partial charge in [-0.1, -0.05) is 18.2 Å². The lowest BCUT2D eigenvalue weighted by Crippen LogP contribution is -2.42. The Balaban J connectivity index is 1.47. The molecular formula is C28H30F3N5O2. The Morgan fingerprint density at radius 1 is 1.13 bits per heavy atom. The molecule has 0 saturated carbocycles. The summed E-state index contributed by atoms with van der Waals surface area (Å²) >= 11 is 0. The van der Waals surface area contributed by atoms with E-state index in [1.54, 1.807) is 37.0 Å². The van der Waals surface area contributed by atoms with Crippen molar-refractivity contribution in [3.05, 3.63) is 77.5 Å². The lowest BCUT2D eigenvalue weighted by molar-refractivity contribution is 0.00980. The van der Waals surface area contributed by atoms with Crippen LogP contribution in [-0.2, 0) is 12.6 Å². The summed E-state index contributed by atoms with van der Waals surface area (Å²) in [7, 11) is 3.43. The third-order valence-corrected chi connectivity index (χ3v) is 7.34. The number of pyridine rings is 1. The number of rotatable bonds is 7. The minimum Gasteiger partial charge on any atom is -0.496 e. The molecule has 0 aliphatic carbocycles. The molecule has 0 radical (unpaired) electrons. The van der Waals surface area contributed by atoms with Crippen LogP contribution in [0.2, 0.25) is 0 Å².